The minimum absolute atomic E-state index is 0.0610. The highest BCUT2D eigenvalue weighted by atomic mass is 16.5. The molecule has 0 aromatic heterocycles. The Labute approximate surface area is 143 Å². The summed E-state index contributed by atoms with van der Waals surface area (Å²) < 4.78 is 5.19. The Bertz CT molecular complexity index is 717. The van der Waals surface area contributed by atoms with Gasteiger partial charge < -0.3 is 10.1 Å². The Balaban J connectivity index is 2.17. The molecule has 0 aliphatic rings. The van der Waals surface area contributed by atoms with Crippen molar-refractivity contribution in [2.75, 3.05) is 7.11 Å². The molecule has 2 rings (SSSR count). The lowest BCUT2D eigenvalue weighted by Crippen LogP contribution is -2.28. The van der Waals surface area contributed by atoms with Gasteiger partial charge in [-0.15, -0.1) is 0 Å². The van der Waals surface area contributed by atoms with Crippen molar-refractivity contribution in [3.8, 4) is 11.8 Å². The second-order valence-electron chi connectivity index (χ2n) is 5.63. The van der Waals surface area contributed by atoms with Crippen molar-refractivity contribution in [3.63, 3.8) is 0 Å². The summed E-state index contributed by atoms with van der Waals surface area (Å²) in [6.45, 7) is 2.13. The molecule has 124 valence electrons. The highest BCUT2D eigenvalue weighted by Crippen LogP contribution is 2.23. The van der Waals surface area contributed by atoms with E-state index in [2.05, 4.69) is 18.3 Å². The first-order valence-corrected chi connectivity index (χ1v) is 8.13. The summed E-state index contributed by atoms with van der Waals surface area (Å²) in [5, 5.41) is 12.1. The Morgan fingerprint density at radius 2 is 2.00 bits per heavy atom. The van der Waals surface area contributed by atoms with Crippen LogP contribution >= 0.6 is 0 Å². The lowest BCUT2D eigenvalue weighted by molar-refractivity contribution is 0.0934. The fourth-order valence-corrected chi connectivity index (χ4v) is 2.54. The third-order valence-electron chi connectivity index (χ3n) is 3.92. The molecule has 1 N–H and O–H groups in total. The molecule has 0 aliphatic heterocycles. The Kier molecular flexibility index (Phi) is 6.39. The van der Waals surface area contributed by atoms with Crippen LogP contribution in [0.4, 0.5) is 0 Å². The van der Waals surface area contributed by atoms with E-state index in [1.165, 1.54) is 0 Å². The van der Waals surface area contributed by atoms with Gasteiger partial charge in [-0.3, -0.25) is 4.79 Å². The second-order valence-corrected chi connectivity index (χ2v) is 5.63. The van der Waals surface area contributed by atoms with Crippen molar-refractivity contribution in [1.29, 1.82) is 5.26 Å². The van der Waals surface area contributed by atoms with Crippen molar-refractivity contribution >= 4 is 5.91 Å². The van der Waals surface area contributed by atoms with Crippen LogP contribution in [0.2, 0.25) is 0 Å². The first kappa shape index (κ1) is 17.6. The van der Waals surface area contributed by atoms with Gasteiger partial charge in [-0.25, -0.2) is 0 Å². The molecule has 0 aliphatic carbocycles. The topological polar surface area (TPSA) is 62.1 Å². The predicted molar refractivity (Wildman–Crippen MR) is 93.9 cm³/mol. The molecule has 24 heavy (non-hydrogen) atoms. The van der Waals surface area contributed by atoms with Crippen molar-refractivity contribution in [3.05, 3.63) is 65.2 Å². The summed E-state index contributed by atoms with van der Waals surface area (Å²) in [4.78, 5) is 12.5. The van der Waals surface area contributed by atoms with Gasteiger partial charge in [0.1, 0.15) is 5.75 Å². The summed E-state index contributed by atoms with van der Waals surface area (Å²) in [5.41, 5.74) is 2.04. The first-order chi connectivity index (χ1) is 11.7. The van der Waals surface area contributed by atoms with Gasteiger partial charge >= 0.3 is 0 Å². The molecule has 0 bridgehead atoms. The molecule has 0 saturated heterocycles. The average Bonchev–Trinajstić information content (AvgIpc) is 2.65. The van der Waals surface area contributed by atoms with E-state index in [9.17, 15) is 4.79 Å². The predicted octanol–water partition coefficient (Wildman–Crippen LogP) is 4.23. The number of carbonyl (C=O) groups is 1. The SMILES string of the molecule is CCCCC(NC(=O)c1cccc(C#N)c1)c1ccc(OC)cc1. The van der Waals surface area contributed by atoms with Crippen LogP contribution < -0.4 is 10.1 Å². The molecular formula is C20H22N2O2. The standard InChI is InChI=1S/C20H22N2O2/c1-3-4-8-19(16-9-11-18(24-2)12-10-16)22-20(23)17-7-5-6-15(13-17)14-21/h5-7,9-13,19H,3-4,8H2,1-2H3,(H,22,23). The highest BCUT2D eigenvalue weighted by molar-refractivity contribution is 5.94. The lowest BCUT2D eigenvalue weighted by Gasteiger charge is -2.19. The van der Waals surface area contributed by atoms with Crippen LogP contribution in [0.5, 0.6) is 5.75 Å². The zero-order chi connectivity index (χ0) is 17.4. The van der Waals surface area contributed by atoms with Gasteiger partial charge in [0.2, 0.25) is 0 Å². The van der Waals surface area contributed by atoms with Gasteiger partial charge in [-0.2, -0.15) is 5.26 Å². The number of rotatable bonds is 7. The van der Waals surface area contributed by atoms with Crippen molar-refractivity contribution in [2.24, 2.45) is 0 Å². The van der Waals surface area contributed by atoms with E-state index in [-0.39, 0.29) is 11.9 Å². The van der Waals surface area contributed by atoms with Crippen molar-refractivity contribution in [1.82, 2.24) is 5.32 Å². The molecule has 0 heterocycles. The summed E-state index contributed by atoms with van der Waals surface area (Å²) >= 11 is 0. The van der Waals surface area contributed by atoms with E-state index < -0.39 is 0 Å². The first-order valence-electron chi connectivity index (χ1n) is 8.13. The maximum absolute atomic E-state index is 12.5. The van der Waals surface area contributed by atoms with Crippen LogP contribution in [-0.4, -0.2) is 13.0 Å². The fraction of sp³-hybridized carbons (Fsp3) is 0.300. The quantitative estimate of drug-likeness (QED) is 0.830. The van der Waals surface area contributed by atoms with Crippen LogP contribution in [0.25, 0.3) is 0 Å². The Morgan fingerprint density at radius 3 is 2.62 bits per heavy atom. The Hall–Kier alpha value is -2.80. The molecule has 1 amide bonds. The molecule has 2 aromatic rings. The molecule has 2 aromatic carbocycles. The number of nitrogens with zero attached hydrogens (tertiary/aromatic N) is 1. The number of methoxy groups -OCH3 is 1. The van der Waals surface area contributed by atoms with E-state index in [4.69, 9.17) is 10.00 Å². The van der Waals surface area contributed by atoms with E-state index >= 15 is 0 Å². The maximum atomic E-state index is 12.5. The van der Waals surface area contributed by atoms with Crippen molar-refractivity contribution in [2.45, 2.75) is 32.2 Å². The smallest absolute Gasteiger partial charge is 0.251 e. The molecule has 0 radical (unpaired) electrons. The molecule has 0 fully saturated rings. The number of ether oxygens (including phenoxy) is 1. The average molecular weight is 322 g/mol. The van der Waals surface area contributed by atoms with Crippen LogP contribution in [0.15, 0.2) is 48.5 Å². The number of hydrogen-bond donors (Lipinski definition) is 1. The van der Waals surface area contributed by atoms with Gasteiger partial charge in [-0.05, 0) is 42.3 Å². The van der Waals surface area contributed by atoms with E-state index in [1.54, 1.807) is 31.4 Å². The fourth-order valence-electron chi connectivity index (χ4n) is 2.54. The van der Waals surface area contributed by atoms with Crippen LogP contribution in [0, 0.1) is 11.3 Å². The largest absolute Gasteiger partial charge is 0.497 e. The van der Waals surface area contributed by atoms with Gasteiger partial charge in [-0.1, -0.05) is 38.0 Å². The number of carbonyl (C=O) groups excluding carboxylic acids is 1. The summed E-state index contributed by atoms with van der Waals surface area (Å²) in [6, 6.07) is 16.5. The van der Waals surface area contributed by atoms with Gasteiger partial charge in [0, 0.05) is 5.56 Å². The molecule has 4 nitrogen and oxygen atoms in total. The Morgan fingerprint density at radius 1 is 1.25 bits per heavy atom. The van der Waals surface area contributed by atoms with Crippen LogP contribution in [-0.2, 0) is 0 Å². The van der Waals surface area contributed by atoms with Gasteiger partial charge in [0.25, 0.3) is 5.91 Å². The number of nitrogens with one attached hydrogen (secondary N) is 1. The van der Waals surface area contributed by atoms with E-state index in [0.29, 0.717) is 11.1 Å². The monoisotopic (exact) mass is 322 g/mol. The lowest BCUT2D eigenvalue weighted by atomic mass is 10.00. The van der Waals surface area contributed by atoms with Crippen LogP contribution in [0.1, 0.15) is 53.7 Å². The number of nitriles is 1. The van der Waals surface area contributed by atoms with E-state index in [1.807, 2.05) is 24.3 Å². The maximum Gasteiger partial charge on any atom is 0.251 e. The molecule has 1 atom stereocenters. The highest BCUT2D eigenvalue weighted by Gasteiger charge is 2.16. The summed E-state index contributed by atoms with van der Waals surface area (Å²) in [6.07, 6.45) is 2.95. The number of unbranched alkanes of at least 4 members (excludes halogenated alkanes) is 1. The summed E-state index contributed by atoms with van der Waals surface area (Å²) in [5.74, 6) is 0.630. The minimum atomic E-state index is -0.163. The third-order valence-corrected chi connectivity index (χ3v) is 3.92. The normalized spacial score (nSPS) is 11.4. The van der Waals surface area contributed by atoms with Crippen LogP contribution in [0.3, 0.4) is 0 Å². The number of amides is 1. The molecule has 1 unspecified atom stereocenters. The minimum Gasteiger partial charge on any atom is -0.497 e. The van der Waals surface area contributed by atoms with E-state index in [0.717, 1.165) is 30.6 Å². The summed E-state index contributed by atoms with van der Waals surface area (Å²) in [7, 11) is 1.63. The number of benzene rings is 2. The molecule has 4 heteroatoms. The van der Waals surface area contributed by atoms with Crippen molar-refractivity contribution < 1.29 is 9.53 Å². The molecular weight excluding hydrogens is 300 g/mol. The molecule has 0 spiro atoms. The third kappa shape index (κ3) is 4.60. The zero-order valence-electron chi connectivity index (χ0n) is 14.1. The van der Waals surface area contributed by atoms with Gasteiger partial charge in [0.15, 0.2) is 0 Å². The van der Waals surface area contributed by atoms with Gasteiger partial charge in [0.05, 0.1) is 24.8 Å². The number of hydrogen-bond acceptors (Lipinski definition) is 3. The second kappa shape index (κ2) is 8.73. The zero-order valence-corrected chi connectivity index (χ0v) is 14.1. The molecule has 0 saturated carbocycles.